The Labute approximate surface area is 105 Å². The molecule has 0 bridgehead atoms. The van der Waals surface area contributed by atoms with Crippen LogP contribution in [-0.2, 0) is 13.1 Å². The molecule has 0 unspecified atom stereocenters. The van der Waals surface area contributed by atoms with Gasteiger partial charge in [-0.15, -0.1) is 0 Å². The molecule has 0 radical (unpaired) electrons. The molecule has 0 saturated carbocycles. The van der Waals surface area contributed by atoms with Crippen LogP contribution in [0.3, 0.4) is 0 Å². The predicted molar refractivity (Wildman–Crippen MR) is 68.9 cm³/mol. The molecule has 92 valence electrons. The number of fused-ring (bicyclic) bond motifs is 1. The normalized spacial score (nSPS) is 13.2. The molecule has 5 nitrogen and oxygen atoms in total. The van der Waals surface area contributed by atoms with Crippen molar-refractivity contribution in [1.29, 1.82) is 0 Å². The van der Waals surface area contributed by atoms with Crippen LogP contribution in [0.5, 0.6) is 5.75 Å². The van der Waals surface area contributed by atoms with E-state index in [-0.39, 0.29) is 0 Å². The summed E-state index contributed by atoms with van der Waals surface area (Å²) in [6, 6.07) is 7.79. The van der Waals surface area contributed by atoms with Gasteiger partial charge < -0.3 is 15.4 Å². The van der Waals surface area contributed by atoms with E-state index in [0.29, 0.717) is 0 Å². The second-order valence-electron chi connectivity index (χ2n) is 4.08. The van der Waals surface area contributed by atoms with E-state index in [4.69, 9.17) is 4.74 Å². The van der Waals surface area contributed by atoms with Gasteiger partial charge in [0.05, 0.1) is 18.5 Å². The van der Waals surface area contributed by atoms with E-state index in [9.17, 15) is 0 Å². The summed E-state index contributed by atoms with van der Waals surface area (Å²) in [5.74, 6) is 1.64. The van der Waals surface area contributed by atoms with E-state index in [2.05, 4.69) is 20.6 Å². The quantitative estimate of drug-likeness (QED) is 0.860. The van der Waals surface area contributed by atoms with Crippen molar-refractivity contribution in [2.75, 3.05) is 12.4 Å². The number of hydrogen-bond donors (Lipinski definition) is 2. The molecule has 3 rings (SSSR count). The molecule has 0 saturated heterocycles. The maximum atomic E-state index is 5.32. The number of para-hydroxylation sites is 2. The third-order valence-electron chi connectivity index (χ3n) is 2.99. The van der Waals surface area contributed by atoms with Crippen LogP contribution >= 0.6 is 0 Å². The van der Waals surface area contributed by atoms with Crippen LogP contribution < -0.4 is 15.4 Å². The van der Waals surface area contributed by atoms with E-state index in [1.807, 2.05) is 24.3 Å². The molecule has 5 heteroatoms. The summed E-state index contributed by atoms with van der Waals surface area (Å²) in [4.78, 5) is 8.56. The maximum Gasteiger partial charge on any atom is 0.142 e. The predicted octanol–water partition coefficient (Wildman–Crippen LogP) is 1.83. The highest BCUT2D eigenvalue weighted by Gasteiger charge is 2.17. The molecule has 0 atom stereocenters. The van der Waals surface area contributed by atoms with E-state index in [1.54, 1.807) is 13.4 Å². The van der Waals surface area contributed by atoms with Crippen LogP contribution in [0.25, 0.3) is 0 Å². The molecular weight excluding hydrogens is 228 g/mol. The minimum atomic E-state index is 0.799. The molecule has 1 aliphatic heterocycles. The first kappa shape index (κ1) is 11.0. The van der Waals surface area contributed by atoms with Crippen LogP contribution in [0.1, 0.15) is 11.3 Å². The minimum absolute atomic E-state index is 0.799. The molecule has 0 amide bonds. The molecule has 1 aromatic heterocycles. The molecule has 0 spiro atoms. The van der Waals surface area contributed by atoms with Gasteiger partial charge in [0.25, 0.3) is 0 Å². The lowest BCUT2D eigenvalue weighted by atomic mass is 10.2. The van der Waals surface area contributed by atoms with Crippen molar-refractivity contribution in [3.8, 4) is 5.75 Å². The highest BCUT2D eigenvalue weighted by atomic mass is 16.5. The van der Waals surface area contributed by atoms with Crippen LogP contribution in [0.2, 0.25) is 0 Å². The van der Waals surface area contributed by atoms with Crippen LogP contribution in [0, 0.1) is 0 Å². The standard InChI is InChI=1S/C13H14N4O/c1-18-12-5-3-2-4-10(12)17-13-9-6-14-7-11(9)15-8-16-13/h2-5,8,14H,6-7H2,1H3,(H,15,16,17). The highest BCUT2D eigenvalue weighted by molar-refractivity contribution is 5.66. The first-order valence-electron chi connectivity index (χ1n) is 5.82. The van der Waals surface area contributed by atoms with Crippen molar-refractivity contribution < 1.29 is 4.74 Å². The van der Waals surface area contributed by atoms with Gasteiger partial charge in [-0.1, -0.05) is 12.1 Å². The Morgan fingerprint density at radius 1 is 1.22 bits per heavy atom. The third kappa shape index (κ3) is 1.89. The van der Waals surface area contributed by atoms with Crippen LogP contribution in [-0.4, -0.2) is 17.1 Å². The molecule has 18 heavy (non-hydrogen) atoms. The van der Waals surface area contributed by atoms with E-state index < -0.39 is 0 Å². The summed E-state index contributed by atoms with van der Waals surface area (Å²) in [6.07, 6.45) is 1.59. The van der Waals surface area contributed by atoms with Crippen molar-refractivity contribution in [3.05, 3.63) is 41.9 Å². The molecule has 2 N–H and O–H groups in total. The Morgan fingerprint density at radius 3 is 3.00 bits per heavy atom. The molecule has 2 aromatic rings. The Kier molecular flexibility index (Phi) is 2.82. The zero-order chi connectivity index (χ0) is 12.4. The second-order valence-corrected chi connectivity index (χ2v) is 4.08. The molecule has 0 aliphatic carbocycles. The van der Waals surface area contributed by atoms with Crippen LogP contribution in [0.15, 0.2) is 30.6 Å². The second kappa shape index (κ2) is 4.62. The smallest absolute Gasteiger partial charge is 0.142 e. The van der Waals surface area contributed by atoms with Crippen molar-refractivity contribution in [2.45, 2.75) is 13.1 Å². The fraction of sp³-hybridized carbons (Fsp3) is 0.231. The third-order valence-corrected chi connectivity index (χ3v) is 2.99. The number of nitrogens with zero attached hydrogens (tertiary/aromatic N) is 2. The summed E-state index contributed by atoms with van der Waals surface area (Å²) in [7, 11) is 1.66. The topological polar surface area (TPSA) is 59.1 Å². The molecule has 1 aromatic carbocycles. The lowest BCUT2D eigenvalue weighted by Gasteiger charge is -2.12. The minimum Gasteiger partial charge on any atom is -0.495 e. The van der Waals surface area contributed by atoms with Gasteiger partial charge in [0.2, 0.25) is 0 Å². The average Bonchev–Trinajstić information content (AvgIpc) is 2.89. The Morgan fingerprint density at radius 2 is 2.11 bits per heavy atom. The van der Waals surface area contributed by atoms with Gasteiger partial charge in [0.1, 0.15) is 17.9 Å². The number of anilines is 2. The zero-order valence-electron chi connectivity index (χ0n) is 10.1. The number of hydrogen-bond acceptors (Lipinski definition) is 5. The SMILES string of the molecule is COc1ccccc1Nc1ncnc2c1CNC2. The number of methoxy groups -OCH3 is 1. The Bertz CT molecular complexity index is 571. The summed E-state index contributed by atoms with van der Waals surface area (Å²) < 4.78 is 5.32. The molecule has 2 heterocycles. The Hall–Kier alpha value is -2.14. The zero-order valence-corrected chi connectivity index (χ0v) is 10.1. The van der Waals surface area contributed by atoms with Gasteiger partial charge in [-0.3, -0.25) is 0 Å². The van der Waals surface area contributed by atoms with Gasteiger partial charge >= 0.3 is 0 Å². The Balaban J connectivity index is 1.95. The summed E-state index contributed by atoms with van der Waals surface area (Å²) in [5.41, 5.74) is 3.10. The largest absolute Gasteiger partial charge is 0.495 e. The summed E-state index contributed by atoms with van der Waals surface area (Å²) in [5, 5.41) is 6.58. The number of benzene rings is 1. The van der Waals surface area contributed by atoms with Crippen molar-refractivity contribution in [2.24, 2.45) is 0 Å². The summed E-state index contributed by atoms with van der Waals surface area (Å²) >= 11 is 0. The highest BCUT2D eigenvalue weighted by Crippen LogP contribution is 2.29. The van der Waals surface area contributed by atoms with Crippen molar-refractivity contribution >= 4 is 11.5 Å². The van der Waals surface area contributed by atoms with E-state index >= 15 is 0 Å². The molecule has 0 fully saturated rings. The lowest BCUT2D eigenvalue weighted by Crippen LogP contribution is -2.03. The first-order chi connectivity index (χ1) is 8.88. The summed E-state index contributed by atoms with van der Waals surface area (Å²) in [6.45, 7) is 1.60. The van der Waals surface area contributed by atoms with Gasteiger partial charge in [0, 0.05) is 18.7 Å². The van der Waals surface area contributed by atoms with Gasteiger partial charge in [0.15, 0.2) is 0 Å². The lowest BCUT2D eigenvalue weighted by molar-refractivity contribution is 0.417. The first-order valence-corrected chi connectivity index (χ1v) is 5.82. The fourth-order valence-electron chi connectivity index (χ4n) is 2.08. The van der Waals surface area contributed by atoms with E-state index in [0.717, 1.165) is 41.6 Å². The van der Waals surface area contributed by atoms with Crippen molar-refractivity contribution in [3.63, 3.8) is 0 Å². The van der Waals surface area contributed by atoms with Gasteiger partial charge in [-0.25, -0.2) is 9.97 Å². The van der Waals surface area contributed by atoms with Crippen LogP contribution in [0.4, 0.5) is 11.5 Å². The van der Waals surface area contributed by atoms with E-state index in [1.165, 1.54) is 0 Å². The number of rotatable bonds is 3. The fourth-order valence-corrected chi connectivity index (χ4v) is 2.08. The average molecular weight is 242 g/mol. The number of aromatic nitrogens is 2. The maximum absolute atomic E-state index is 5.32. The number of ether oxygens (including phenoxy) is 1. The molecule has 1 aliphatic rings. The molecular formula is C13H14N4O. The van der Waals surface area contributed by atoms with Gasteiger partial charge in [-0.05, 0) is 12.1 Å². The van der Waals surface area contributed by atoms with Crippen molar-refractivity contribution in [1.82, 2.24) is 15.3 Å². The van der Waals surface area contributed by atoms with Gasteiger partial charge in [-0.2, -0.15) is 0 Å². The number of nitrogens with one attached hydrogen (secondary N) is 2. The monoisotopic (exact) mass is 242 g/mol.